The third-order valence-electron chi connectivity index (χ3n) is 4.16. The number of hydrogen-bond acceptors (Lipinski definition) is 5. The van der Waals surface area contributed by atoms with Gasteiger partial charge in [-0.05, 0) is 56.0 Å². The summed E-state index contributed by atoms with van der Waals surface area (Å²) in [6.07, 6.45) is 4.87. The first-order chi connectivity index (χ1) is 12.6. The molecule has 0 atom stereocenters. The molecule has 0 heterocycles. The fourth-order valence-electron chi connectivity index (χ4n) is 2.89. The summed E-state index contributed by atoms with van der Waals surface area (Å²) < 4.78 is 11.1. The highest BCUT2D eigenvalue weighted by Gasteiger charge is 2.17. The summed E-state index contributed by atoms with van der Waals surface area (Å²) in [7, 11) is 0. The van der Waals surface area contributed by atoms with Crippen LogP contribution in [-0.4, -0.2) is 23.5 Å². The Balaban J connectivity index is 1.51. The van der Waals surface area contributed by atoms with Gasteiger partial charge in [0.15, 0.2) is 12.4 Å². The molecule has 2 aromatic rings. The largest absolute Gasteiger partial charge is 0.490 e. The van der Waals surface area contributed by atoms with E-state index >= 15 is 0 Å². The normalized spacial score (nSPS) is 14.0. The second-order valence-electron chi connectivity index (χ2n) is 6.11. The minimum absolute atomic E-state index is 0.0629. The second kappa shape index (κ2) is 8.33. The van der Waals surface area contributed by atoms with Crippen LogP contribution in [0.5, 0.6) is 11.5 Å². The van der Waals surface area contributed by atoms with Crippen molar-refractivity contribution in [1.29, 1.82) is 0 Å². The van der Waals surface area contributed by atoms with E-state index < -0.39 is 10.8 Å². The van der Waals surface area contributed by atoms with Crippen molar-refractivity contribution in [2.75, 3.05) is 11.9 Å². The average molecular weight is 356 g/mol. The highest BCUT2D eigenvalue weighted by molar-refractivity contribution is 5.91. The molecule has 0 saturated heterocycles. The van der Waals surface area contributed by atoms with Crippen molar-refractivity contribution in [3.05, 3.63) is 58.6 Å². The minimum Gasteiger partial charge on any atom is -0.490 e. The minimum atomic E-state index is -0.545. The summed E-state index contributed by atoms with van der Waals surface area (Å²) in [6.45, 7) is -0.314. The van der Waals surface area contributed by atoms with Crippen molar-refractivity contribution in [3.63, 3.8) is 0 Å². The number of carbonyl (C=O) groups is 1. The molecule has 0 aliphatic heterocycles. The predicted molar refractivity (Wildman–Crippen MR) is 96.5 cm³/mol. The van der Waals surface area contributed by atoms with Crippen LogP contribution in [0, 0.1) is 10.1 Å². The molecular formula is C19H20N2O5. The SMILES string of the molecule is O=C(COc1ccccc1[N+](=O)[O-])Nc1ccc(OC2CCCC2)cc1. The topological polar surface area (TPSA) is 90.7 Å². The molecule has 1 N–H and O–H groups in total. The van der Waals surface area contributed by atoms with Crippen molar-refractivity contribution >= 4 is 17.3 Å². The van der Waals surface area contributed by atoms with Crippen LogP contribution in [0.15, 0.2) is 48.5 Å². The van der Waals surface area contributed by atoms with E-state index in [1.54, 1.807) is 24.3 Å². The summed E-state index contributed by atoms with van der Waals surface area (Å²) in [4.78, 5) is 22.4. The molecule has 1 aliphatic rings. The second-order valence-corrected chi connectivity index (χ2v) is 6.11. The van der Waals surface area contributed by atoms with Gasteiger partial charge in [0.1, 0.15) is 5.75 Å². The van der Waals surface area contributed by atoms with Gasteiger partial charge in [0.25, 0.3) is 5.91 Å². The molecule has 7 heteroatoms. The van der Waals surface area contributed by atoms with E-state index in [0.717, 1.165) is 18.6 Å². The van der Waals surface area contributed by atoms with E-state index in [1.165, 1.54) is 25.0 Å². The number of carbonyl (C=O) groups excluding carboxylic acids is 1. The molecule has 0 spiro atoms. The summed E-state index contributed by atoms with van der Waals surface area (Å²) in [5, 5.41) is 13.6. The number of amides is 1. The van der Waals surface area contributed by atoms with Gasteiger partial charge < -0.3 is 14.8 Å². The average Bonchev–Trinajstić information content (AvgIpc) is 3.15. The van der Waals surface area contributed by atoms with E-state index in [4.69, 9.17) is 9.47 Å². The predicted octanol–water partition coefficient (Wildman–Crippen LogP) is 3.93. The van der Waals surface area contributed by atoms with E-state index in [2.05, 4.69) is 5.32 Å². The quantitative estimate of drug-likeness (QED) is 0.599. The van der Waals surface area contributed by atoms with Crippen molar-refractivity contribution < 1.29 is 19.2 Å². The molecule has 1 amide bonds. The number of anilines is 1. The molecule has 1 aliphatic carbocycles. The highest BCUT2D eigenvalue weighted by Crippen LogP contribution is 2.26. The Labute approximate surface area is 151 Å². The third kappa shape index (κ3) is 4.72. The van der Waals surface area contributed by atoms with Gasteiger partial charge in [0.2, 0.25) is 0 Å². The van der Waals surface area contributed by atoms with Crippen molar-refractivity contribution in [2.24, 2.45) is 0 Å². The van der Waals surface area contributed by atoms with Gasteiger partial charge in [-0.1, -0.05) is 12.1 Å². The first-order valence-electron chi connectivity index (χ1n) is 8.54. The van der Waals surface area contributed by atoms with Crippen molar-refractivity contribution in [1.82, 2.24) is 0 Å². The number of ether oxygens (including phenoxy) is 2. The van der Waals surface area contributed by atoms with Crippen LogP contribution < -0.4 is 14.8 Å². The number of nitro benzene ring substituents is 1. The van der Waals surface area contributed by atoms with Gasteiger partial charge in [-0.3, -0.25) is 14.9 Å². The fourth-order valence-corrected chi connectivity index (χ4v) is 2.89. The molecular weight excluding hydrogens is 336 g/mol. The Hall–Kier alpha value is -3.09. The third-order valence-corrected chi connectivity index (χ3v) is 4.16. The van der Waals surface area contributed by atoms with E-state index in [0.29, 0.717) is 5.69 Å². The Morgan fingerprint density at radius 3 is 2.50 bits per heavy atom. The highest BCUT2D eigenvalue weighted by atomic mass is 16.6. The van der Waals surface area contributed by atoms with Crippen molar-refractivity contribution in [3.8, 4) is 11.5 Å². The van der Waals surface area contributed by atoms with Crippen LogP contribution in [0.3, 0.4) is 0 Å². The number of nitro groups is 1. The van der Waals surface area contributed by atoms with Gasteiger partial charge in [-0.2, -0.15) is 0 Å². The summed E-state index contributed by atoms with van der Waals surface area (Å²) >= 11 is 0. The molecule has 3 rings (SSSR count). The molecule has 26 heavy (non-hydrogen) atoms. The van der Waals surface area contributed by atoms with Crippen LogP contribution in [0.2, 0.25) is 0 Å². The molecule has 0 unspecified atom stereocenters. The lowest BCUT2D eigenvalue weighted by Gasteiger charge is -2.13. The van der Waals surface area contributed by atoms with Crippen LogP contribution in [0.1, 0.15) is 25.7 Å². The lowest BCUT2D eigenvalue weighted by Crippen LogP contribution is -2.20. The van der Waals surface area contributed by atoms with Gasteiger partial charge in [0, 0.05) is 11.8 Å². The Morgan fingerprint density at radius 1 is 1.12 bits per heavy atom. The lowest BCUT2D eigenvalue weighted by molar-refractivity contribution is -0.385. The summed E-state index contributed by atoms with van der Waals surface area (Å²) in [5.74, 6) is 0.451. The molecule has 136 valence electrons. The smallest absolute Gasteiger partial charge is 0.310 e. The van der Waals surface area contributed by atoms with Crippen LogP contribution in [0.25, 0.3) is 0 Å². The fraction of sp³-hybridized carbons (Fsp3) is 0.316. The van der Waals surface area contributed by atoms with E-state index in [1.807, 2.05) is 12.1 Å². The van der Waals surface area contributed by atoms with E-state index in [-0.39, 0.29) is 24.1 Å². The number of hydrogen-bond donors (Lipinski definition) is 1. The Morgan fingerprint density at radius 2 is 1.81 bits per heavy atom. The first-order valence-corrected chi connectivity index (χ1v) is 8.54. The molecule has 7 nitrogen and oxygen atoms in total. The monoisotopic (exact) mass is 356 g/mol. The maximum atomic E-state index is 12.0. The molecule has 0 bridgehead atoms. The summed E-state index contributed by atoms with van der Waals surface area (Å²) in [6, 6.07) is 13.1. The Bertz CT molecular complexity index is 770. The number of rotatable bonds is 7. The molecule has 0 aromatic heterocycles. The number of para-hydroxylation sites is 2. The number of benzene rings is 2. The number of nitrogens with zero attached hydrogens (tertiary/aromatic N) is 1. The summed E-state index contributed by atoms with van der Waals surface area (Å²) in [5.41, 5.74) is 0.439. The zero-order valence-electron chi connectivity index (χ0n) is 14.2. The van der Waals surface area contributed by atoms with E-state index in [9.17, 15) is 14.9 Å². The van der Waals surface area contributed by atoms with Crippen LogP contribution in [0.4, 0.5) is 11.4 Å². The molecule has 1 saturated carbocycles. The molecule has 2 aromatic carbocycles. The maximum absolute atomic E-state index is 12.0. The molecule has 1 fully saturated rings. The van der Waals surface area contributed by atoms with Crippen molar-refractivity contribution in [2.45, 2.75) is 31.8 Å². The molecule has 0 radical (unpaired) electrons. The first kappa shape index (κ1) is 17.7. The lowest BCUT2D eigenvalue weighted by atomic mass is 10.2. The standard InChI is InChI=1S/C19H20N2O5/c22-19(13-25-18-8-4-3-7-17(18)21(23)24)20-14-9-11-16(12-10-14)26-15-5-1-2-6-15/h3-4,7-12,15H,1-2,5-6,13H2,(H,20,22). The Kier molecular flexibility index (Phi) is 5.68. The van der Waals surface area contributed by atoms with Crippen LogP contribution >= 0.6 is 0 Å². The maximum Gasteiger partial charge on any atom is 0.310 e. The van der Waals surface area contributed by atoms with Gasteiger partial charge in [-0.25, -0.2) is 0 Å². The zero-order valence-corrected chi connectivity index (χ0v) is 14.2. The van der Waals surface area contributed by atoms with Gasteiger partial charge in [-0.15, -0.1) is 0 Å². The van der Waals surface area contributed by atoms with Crippen LogP contribution in [-0.2, 0) is 4.79 Å². The number of nitrogens with one attached hydrogen (secondary N) is 1. The van der Waals surface area contributed by atoms with Gasteiger partial charge >= 0.3 is 5.69 Å². The van der Waals surface area contributed by atoms with Gasteiger partial charge in [0.05, 0.1) is 11.0 Å². The zero-order chi connectivity index (χ0) is 18.4.